The van der Waals surface area contributed by atoms with Gasteiger partial charge in [-0.25, -0.2) is 4.98 Å². The third-order valence-corrected chi connectivity index (χ3v) is 4.38. The van der Waals surface area contributed by atoms with Gasteiger partial charge in [0.15, 0.2) is 11.5 Å². The Bertz CT molecular complexity index is 922. The zero-order valence-electron chi connectivity index (χ0n) is 14.4. The highest BCUT2D eigenvalue weighted by Crippen LogP contribution is 2.33. The molecule has 1 amide bonds. The molecular weight excluding hydrogens is 330 g/mol. The molecule has 0 spiro atoms. The van der Waals surface area contributed by atoms with E-state index in [-0.39, 0.29) is 19.1 Å². The van der Waals surface area contributed by atoms with Crippen LogP contribution in [-0.4, -0.2) is 22.7 Å². The minimum absolute atomic E-state index is 0.00719. The average Bonchev–Trinajstić information content (AvgIpc) is 3.31. The molecule has 3 aromatic rings. The first-order valence-electron chi connectivity index (χ1n) is 8.42. The molecule has 0 fully saturated rings. The van der Waals surface area contributed by atoms with Crippen molar-refractivity contribution < 1.29 is 14.3 Å². The van der Waals surface area contributed by atoms with Gasteiger partial charge in [0.05, 0.1) is 25.0 Å². The molecule has 0 bridgehead atoms. The van der Waals surface area contributed by atoms with Crippen LogP contribution in [0.2, 0.25) is 0 Å². The smallest absolute Gasteiger partial charge is 0.231 e. The minimum atomic E-state index is 0.00719. The SMILES string of the molecule is Cc1ccccc1N(Cc1cnc[nH]1)C(=O)Cc1ccc2c(c1)OCO2. The van der Waals surface area contributed by atoms with Crippen molar-refractivity contribution in [2.24, 2.45) is 0 Å². The summed E-state index contributed by atoms with van der Waals surface area (Å²) in [5.74, 6) is 1.41. The number of aromatic amines is 1. The van der Waals surface area contributed by atoms with Crippen molar-refractivity contribution in [2.75, 3.05) is 11.7 Å². The Hall–Kier alpha value is -3.28. The molecule has 1 aliphatic heterocycles. The summed E-state index contributed by atoms with van der Waals surface area (Å²) in [6.45, 7) is 2.67. The molecule has 6 heteroatoms. The summed E-state index contributed by atoms with van der Waals surface area (Å²) in [6.07, 6.45) is 3.63. The van der Waals surface area contributed by atoms with E-state index in [1.165, 1.54) is 0 Å². The van der Waals surface area contributed by atoms with Crippen LogP contribution in [0.3, 0.4) is 0 Å². The summed E-state index contributed by atoms with van der Waals surface area (Å²) in [7, 11) is 0. The molecule has 132 valence electrons. The average molecular weight is 349 g/mol. The Morgan fingerprint density at radius 1 is 1.19 bits per heavy atom. The van der Waals surface area contributed by atoms with E-state index in [4.69, 9.17) is 9.47 Å². The van der Waals surface area contributed by atoms with Gasteiger partial charge < -0.3 is 19.4 Å². The van der Waals surface area contributed by atoms with E-state index < -0.39 is 0 Å². The van der Waals surface area contributed by atoms with Crippen molar-refractivity contribution >= 4 is 11.6 Å². The minimum Gasteiger partial charge on any atom is -0.454 e. The number of hydrogen-bond donors (Lipinski definition) is 1. The van der Waals surface area contributed by atoms with E-state index >= 15 is 0 Å². The summed E-state index contributed by atoms with van der Waals surface area (Å²) < 4.78 is 10.7. The predicted molar refractivity (Wildman–Crippen MR) is 97.2 cm³/mol. The number of amides is 1. The van der Waals surface area contributed by atoms with E-state index in [2.05, 4.69) is 9.97 Å². The second-order valence-corrected chi connectivity index (χ2v) is 6.21. The number of hydrogen-bond acceptors (Lipinski definition) is 4. The number of anilines is 1. The maximum Gasteiger partial charge on any atom is 0.231 e. The molecule has 0 saturated carbocycles. The predicted octanol–water partition coefficient (Wildman–Crippen LogP) is 3.22. The number of carbonyl (C=O) groups excluding carboxylic acids is 1. The van der Waals surface area contributed by atoms with Crippen LogP contribution in [0.15, 0.2) is 55.0 Å². The Labute approximate surface area is 151 Å². The highest BCUT2D eigenvalue weighted by molar-refractivity contribution is 5.95. The normalized spacial score (nSPS) is 12.2. The molecule has 0 atom stereocenters. The molecule has 6 nitrogen and oxygen atoms in total. The van der Waals surface area contributed by atoms with Crippen LogP contribution >= 0.6 is 0 Å². The second kappa shape index (κ2) is 6.92. The van der Waals surface area contributed by atoms with Crippen LogP contribution in [-0.2, 0) is 17.8 Å². The number of nitrogens with one attached hydrogen (secondary N) is 1. The number of benzene rings is 2. The third-order valence-electron chi connectivity index (χ3n) is 4.38. The lowest BCUT2D eigenvalue weighted by Gasteiger charge is -2.24. The standard InChI is InChI=1S/C20H19N3O3/c1-14-4-2-3-5-17(14)23(11-16-10-21-12-22-16)20(24)9-15-6-7-18-19(8-15)26-13-25-18/h2-8,10,12H,9,11,13H2,1H3,(H,21,22). The number of imidazole rings is 1. The van der Waals surface area contributed by atoms with Gasteiger partial charge in [-0.3, -0.25) is 4.79 Å². The third kappa shape index (κ3) is 3.26. The topological polar surface area (TPSA) is 67.5 Å². The Balaban J connectivity index is 1.60. The highest BCUT2D eigenvalue weighted by atomic mass is 16.7. The van der Waals surface area contributed by atoms with Crippen LogP contribution in [0, 0.1) is 6.92 Å². The first-order chi connectivity index (χ1) is 12.7. The molecule has 2 aromatic carbocycles. The molecule has 4 rings (SSSR count). The van der Waals surface area contributed by atoms with Crippen molar-refractivity contribution in [3.63, 3.8) is 0 Å². The maximum atomic E-state index is 13.1. The van der Waals surface area contributed by atoms with Crippen LogP contribution in [0.1, 0.15) is 16.8 Å². The Morgan fingerprint density at radius 2 is 2.04 bits per heavy atom. The number of rotatable bonds is 5. The first-order valence-corrected chi connectivity index (χ1v) is 8.42. The fraction of sp³-hybridized carbons (Fsp3) is 0.200. The largest absolute Gasteiger partial charge is 0.454 e. The lowest BCUT2D eigenvalue weighted by Crippen LogP contribution is -2.32. The quantitative estimate of drug-likeness (QED) is 0.768. The zero-order valence-corrected chi connectivity index (χ0v) is 14.4. The summed E-state index contributed by atoms with van der Waals surface area (Å²) in [4.78, 5) is 22.0. The van der Waals surface area contributed by atoms with Gasteiger partial charge in [-0.2, -0.15) is 0 Å². The van der Waals surface area contributed by atoms with E-state index in [0.717, 1.165) is 28.3 Å². The van der Waals surface area contributed by atoms with Crippen molar-refractivity contribution in [1.29, 1.82) is 0 Å². The van der Waals surface area contributed by atoms with Gasteiger partial charge in [0.2, 0.25) is 12.7 Å². The molecule has 2 heterocycles. The fourth-order valence-electron chi connectivity index (χ4n) is 3.04. The number of carbonyl (C=O) groups is 1. The number of aryl methyl sites for hydroxylation is 1. The zero-order chi connectivity index (χ0) is 17.9. The fourth-order valence-corrected chi connectivity index (χ4v) is 3.04. The number of ether oxygens (including phenoxy) is 2. The molecule has 1 aromatic heterocycles. The van der Waals surface area contributed by atoms with E-state index in [9.17, 15) is 4.79 Å². The van der Waals surface area contributed by atoms with Crippen LogP contribution < -0.4 is 14.4 Å². The summed E-state index contributed by atoms with van der Waals surface area (Å²) in [5.41, 5.74) is 3.72. The molecule has 26 heavy (non-hydrogen) atoms. The van der Waals surface area contributed by atoms with Crippen molar-refractivity contribution in [3.05, 3.63) is 71.8 Å². The number of H-pyrrole nitrogens is 1. The first kappa shape index (κ1) is 16.2. The van der Waals surface area contributed by atoms with Crippen LogP contribution in [0.4, 0.5) is 5.69 Å². The number of nitrogens with zero attached hydrogens (tertiary/aromatic N) is 2. The molecule has 0 saturated heterocycles. The molecular formula is C20H19N3O3. The summed E-state index contributed by atoms with van der Waals surface area (Å²) in [6, 6.07) is 13.5. The monoisotopic (exact) mass is 349 g/mol. The van der Waals surface area contributed by atoms with Gasteiger partial charge in [0, 0.05) is 11.9 Å². The molecule has 1 N–H and O–H groups in total. The van der Waals surface area contributed by atoms with Crippen molar-refractivity contribution in [1.82, 2.24) is 9.97 Å². The summed E-state index contributed by atoms with van der Waals surface area (Å²) in [5, 5.41) is 0. The maximum absolute atomic E-state index is 13.1. The molecule has 0 radical (unpaired) electrons. The Morgan fingerprint density at radius 3 is 2.85 bits per heavy atom. The lowest BCUT2D eigenvalue weighted by atomic mass is 10.1. The van der Waals surface area contributed by atoms with Crippen molar-refractivity contribution in [2.45, 2.75) is 19.9 Å². The summed E-state index contributed by atoms with van der Waals surface area (Å²) >= 11 is 0. The molecule has 0 unspecified atom stereocenters. The van der Waals surface area contributed by atoms with Gasteiger partial charge in [0.1, 0.15) is 0 Å². The Kier molecular flexibility index (Phi) is 4.31. The van der Waals surface area contributed by atoms with Gasteiger partial charge in [0.25, 0.3) is 0 Å². The van der Waals surface area contributed by atoms with E-state index in [1.807, 2.05) is 49.4 Å². The highest BCUT2D eigenvalue weighted by Gasteiger charge is 2.20. The number of para-hydroxylation sites is 1. The van der Waals surface area contributed by atoms with Gasteiger partial charge >= 0.3 is 0 Å². The van der Waals surface area contributed by atoms with E-state index in [1.54, 1.807) is 17.4 Å². The van der Waals surface area contributed by atoms with Crippen LogP contribution in [0.5, 0.6) is 11.5 Å². The van der Waals surface area contributed by atoms with Crippen molar-refractivity contribution in [3.8, 4) is 11.5 Å². The molecule has 1 aliphatic rings. The number of aromatic nitrogens is 2. The second-order valence-electron chi connectivity index (χ2n) is 6.21. The lowest BCUT2D eigenvalue weighted by molar-refractivity contribution is -0.118. The van der Waals surface area contributed by atoms with Gasteiger partial charge in [-0.05, 0) is 36.2 Å². The van der Waals surface area contributed by atoms with Gasteiger partial charge in [-0.15, -0.1) is 0 Å². The number of fused-ring (bicyclic) bond motifs is 1. The van der Waals surface area contributed by atoms with Crippen LogP contribution in [0.25, 0.3) is 0 Å². The molecule has 0 aliphatic carbocycles. The van der Waals surface area contributed by atoms with E-state index in [0.29, 0.717) is 12.3 Å². The van der Waals surface area contributed by atoms with Gasteiger partial charge in [-0.1, -0.05) is 24.3 Å².